The molecule has 1 fully saturated rings. The largest absolute Gasteiger partial charge is 0.360 e. The minimum absolute atomic E-state index is 0. The molecule has 1 aliphatic heterocycles. The Labute approximate surface area is 125 Å². The molecule has 0 unspecified atom stereocenters. The first kappa shape index (κ1) is 16.9. The second-order valence-electron chi connectivity index (χ2n) is 5.03. The Balaban J connectivity index is 0.00000200. The Morgan fingerprint density at radius 3 is 2.75 bits per heavy atom. The van der Waals surface area contributed by atoms with E-state index in [1.807, 2.05) is 7.05 Å². The Hall–Kier alpha value is -1.11. The lowest BCUT2D eigenvalue weighted by atomic mass is 10.1. The zero-order valence-corrected chi connectivity index (χ0v) is 12.8. The van der Waals surface area contributed by atoms with Crippen LogP contribution in [0.25, 0.3) is 0 Å². The zero-order chi connectivity index (χ0) is 13.7. The van der Waals surface area contributed by atoms with Crippen molar-refractivity contribution in [3.8, 4) is 0 Å². The van der Waals surface area contributed by atoms with Crippen molar-refractivity contribution in [1.29, 1.82) is 0 Å². The number of aromatic nitrogens is 1. The van der Waals surface area contributed by atoms with Crippen LogP contribution >= 0.6 is 12.4 Å². The summed E-state index contributed by atoms with van der Waals surface area (Å²) < 4.78 is 4.90. The Bertz CT molecular complexity index is 416. The van der Waals surface area contributed by atoms with Crippen LogP contribution in [0, 0.1) is 6.92 Å². The number of likely N-dealkylation sites (tertiary alicyclic amines) is 1. The topological polar surface area (TPSA) is 70.4 Å². The second kappa shape index (κ2) is 8.24. The van der Waals surface area contributed by atoms with Crippen LogP contribution < -0.4 is 10.6 Å². The van der Waals surface area contributed by atoms with Crippen molar-refractivity contribution in [2.45, 2.75) is 32.2 Å². The van der Waals surface area contributed by atoms with Crippen LogP contribution in [0.3, 0.4) is 0 Å². The van der Waals surface area contributed by atoms with Gasteiger partial charge in [-0.2, -0.15) is 0 Å². The van der Waals surface area contributed by atoms with Gasteiger partial charge in [0.1, 0.15) is 5.76 Å². The first-order chi connectivity index (χ1) is 9.17. The molecule has 0 atom stereocenters. The summed E-state index contributed by atoms with van der Waals surface area (Å²) in [6.07, 6.45) is 2.80. The minimum Gasteiger partial charge on any atom is -0.360 e. The summed E-state index contributed by atoms with van der Waals surface area (Å²) in [7, 11) is 2.01. The molecule has 1 aromatic heterocycles. The van der Waals surface area contributed by atoms with E-state index in [4.69, 9.17) is 4.52 Å². The van der Waals surface area contributed by atoms with Gasteiger partial charge in [0.2, 0.25) is 5.91 Å². The maximum Gasteiger partial charge on any atom is 0.226 e. The molecule has 0 radical (unpaired) electrons. The summed E-state index contributed by atoms with van der Waals surface area (Å²) in [6, 6.07) is 2.35. The number of piperidine rings is 1. The molecule has 0 aromatic carbocycles. The van der Waals surface area contributed by atoms with E-state index in [1.165, 1.54) is 0 Å². The zero-order valence-electron chi connectivity index (χ0n) is 12.0. The average Bonchev–Trinajstić information content (AvgIpc) is 2.82. The lowest BCUT2D eigenvalue weighted by Gasteiger charge is -2.31. The third-order valence-corrected chi connectivity index (χ3v) is 3.55. The van der Waals surface area contributed by atoms with E-state index in [9.17, 15) is 4.79 Å². The van der Waals surface area contributed by atoms with Gasteiger partial charge in [-0.1, -0.05) is 5.16 Å². The number of halogens is 1. The van der Waals surface area contributed by atoms with Crippen molar-refractivity contribution in [3.05, 3.63) is 11.8 Å². The van der Waals surface area contributed by atoms with Gasteiger partial charge in [0.15, 0.2) is 5.82 Å². The third kappa shape index (κ3) is 5.11. The molecule has 1 amide bonds. The van der Waals surface area contributed by atoms with E-state index in [0.717, 1.165) is 32.5 Å². The predicted molar refractivity (Wildman–Crippen MR) is 80.3 cm³/mol. The molecule has 1 aromatic rings. The second-order valence-corrected chi connectivity index (χ2v) is 5.03. The molecular weight excluding hydrogens is 280 g/mol. The van der Waals surface area contributed by atoms with Crippen molar-refractivity contribution < 1.29 is 9.32 Å². The minimum atomic E-state index is -0.0101. The lowest BCUT2D eigenvalue weighted by Crippen LogP contribution is -2.42. The number of carbonyl (C=O) groups is 1. The summed E-state index contributed by atoms with van der Waals surface area (Å²) in [4.78, 5) is 14.1. The molecule has 20 heavy (non-hydrogen) atoms. The van der Waals surface area contributed by atoms with Crippen LogP contribution in [0.1, 0.15) is 25.0 Å². The molecule has 0 aliphatic carbocycles. The molecule has 6 nitrogen and oxygen atoms in total. The van der Waals surface area contributed by atoms with Gasteiger partial charge in [-0.25, -0.2) is 0 Å². The van der Waals surface area contributed by atoms with Crippen molar-refractivity contribution in [3.63, 3.8) is 0 Å². The highest BCUT2D eigenvalue weighted by atomic mass is 35.5. The predicted octanol–water partition coefficient (Wildman–Crippen LogP) is 1.42. The molecule has 2 N–H and O–H groups in total. The summed E-state index contributed by atoms with van der Waals surface area (Å²) in [6.45, 7) is 4.72. The van der Waals surface area contributed by atoms with Crippen LogP contribution in [0.4, 0.5) is 5.82 Å². The average molecular weight is 303 g/mol. The highest BCUT2D eigenvalue weighted by Crippen LogP contribution is 2.11. The van der Waals surface area contributed by atoms with E-state index >= 15 is 0 Å². The van der Waals surface area contributed by atoms with Crippen molar-refractivity contribution in [2.24, 2.45) is 0 Å². The SMILES string of the molecule is CNC1CCN(CCC(=O)Nc2cc(C)on2)CC1.Cl. The highest BCUT2D eigenvalue weighted by Gasteiger charge is 2.18. The maximum absolute atomic E-state index is 11.8. The van der Waals surface area contributed by atoms with Gasteiger partial charge < -0.3 is 20.1 Å². The molecule has 114 valence electrons. The summed E-state index contributed by atoms with van der Waals surface area (Å²) >= 11 is 0. The van der Waals surface area contributed by atoms with Gasteiger partial charge in [0.25, 0.3) is 0 Å². The van der Waals surface area contributed by atoms with E-state index < -0.39 is 0 Å². The number of hydrogen-bond acceptors (Lipinski definition) is 5. The van der Waals surface area contributed by atoms with Gasteiger partial charge in [-0.15, -0.1) is 12.4 Å². The lowest BCUT2D eigenvalue weighted by molar-refractivity contribution is -0.116. The van der Waals surface area contributed by atoms with Gasteiger partial charge in [0, 0.05) is 25.1 Å². The van der Waals surface area contributed by atoms with Crippen molar-refractivity contribution in [2.75, 3.05) is 32.0 Å². The number of nitrogens with one attached hydrogen (secondary N) is 2. The number of rotatable bonds is 5. The molecule has 0 bridgehead atoms. The quantitative estimate of drug-likeness (QED) is 0.861. The number of nitrogens with zero attached hydrogens (tertiary/aromatic N) is 2. The molecular formula is C13H23ClN4O2. The van der Waals surface area contributed by atoms with Gasteiger partial charge in [0.05, 0.1) is 0 Å². The fourth-order valence-electron chi connectivity index (χ4n) is 2.34. The fourth-order valence-corrected chi connectivity index (χ4v) is 2.34. The van der Waals surface area contributed by atoms with E-state index in [2.05, 4.69) is 20.7 Å². The van der Waals surface area contributed by atoms with Crippen molar-refractivity contribution in [1.82, 2.24) is 15.4 Å². The molecule has 7 heteroatoms. The normalized spacial score (nSPS) is 16.7. The number of hydrogen-bond donors (Lipinski definition) is 2. The van der Waals surface area contributed by atoms with E-state index in [0.29, 0.717) is 24.0 Å². The Morgan fingerprint density at radius 2 is 2.20 bits per heavy atom. The third-order valence-electron chi connectivity index (χ3n) is 3.55. The van der Waals surface area contributed by atoms with Gasteiger partial charge in [-0.3, -0.25) is 4.79 Å². The van der Waals surface area contributed by atoms with Crippen LogP contribution in [-0.2, 0) is 4.79 Å². The van der Waals surface area contributed by atoms with Crippen LogP contribution in [0.5, 0.6) is 0 Å². The first-order valence-corrected chi connectivity index (χ1v) is 6.80. The highest BCUT2D eigenvalue weighted by molar-refractivity contribution is 5.89. The number of amides is 1. The van der Waals surface area contributed by atoms with Crippen molar-refractivity contribution >= 4 is 24.1 Å². The standard InChI is InChI=1S/C13H22N4O2.ClH/c1-10-9-12(16-19-10)15-13(18)5-8-17-6-3-11(14-2)4-7-17;/h9,11,14H,3-8H2,1-2H3,(H,15,16,18);1H. The van der Waals surface area contributed by atoms with Gasteiger partial charge in [-0.05, 0) is 39.9 Å². The smallest absolute Gasteiger partial charge is 0.226 e. The summed E-state index contributed by atoms with van der Waals surface area (Å²) in [5.41, 5.74) is 0. The van der Waals surface area contributed by atoms with Gasteiger partial charge >= 0.3 is 0 Å². The number of anilines is 1. The Morgan fingerprint density at radius 1 is 1.50 bits per heavy atom. The molecule has 0 spiro atoms. The van der Waals surface area contributed by atoms with E-state index in [1.54, 1.807) is 13.0 Å². The monoisotopic (exact) mass is 302 g/mol. The van der Waals surface area contributed by atoms with E-state index in [-0.39, 0.29) is 18.3 Å². The van der Waals surface area contributed by atoms with Crippen LogP contribution in [-0.4, -0.2) is 48.7 Å². The summed E-state index contributed by atoms with van der Waals surface area (Å²) in [5.74, 6) is 1.19. The molecule has 0 saturated carbocycles. The molecule has 2 heterocycles. The summed E-state index contributed by atoms with van der Waals surface area (Å²) in [5, 5.41) is 9.78. The van der Waals surface area contributed by atoms with Crippen LogP contribution in [0.15, 0.2) is 10.6 Å². The molecule has 2 rings (SSSR count). The molecule has 1 aliphatic rings. The van der Waals surface area contributed by atoms with Crippen LogP contribution in [0.2, 0.25) is 0 Å². The number of aryl methyl sites for hydroxylation is 1. The number of carbonyl (C=O) groups excluding carboxylic acids is 1. The maximum atomic E-state index is 11.8. The first-order valence-electron chi connectivity index (χ1n) is 6.80. The fraction of sp³-hybridized carbons (Fsp3) is 0.692. The molecule has 1 saturated heterocycles. The Kier molecular flexibility index (Phi) is 6.98.